The van der Waals surface area contributed by atoms with Crippen LogP contribution in [0, 0.1) is 23.2 Å². The van der Waals surface area contributed by atoms with Gasteiger partial charge >= 0.3 is 5.97 Å². The highest BCUT2D eigenvalue weighted by atomic mass is 16.6. The van der Waals surface area contributed by atoms with E-state index >= 15 is 0 Å². The first-order valence-corrected chi connectivity index (χ1v) is 12.3. The van der Waals surface area contributed by atoms with Crippen molar-refractivity contribution in [2.24, 2.45) is 23.2 Å². The van der Waals surface area contributed by atoms with Gasteiger partial charge in [0, 0.05) is 6.42 Å². The van der Waals surface area contributed by atoms with Crippen molar-refractivity contribution in [3.63, 3.8) is 0 Å². The molecule has 4 rings (SSSR count). The highest BCUT2D eigenvalue weighted by molar-refractivity contribution is 5.80. The Morgan fingerprint density at radius 2 is 2.00 bits per heavy atom. The Kier molecular flexibility index (Phi) is 6.26. The molecule has 172 valence electrons. The summed E-state index contributed by atoms with van der Waals surface area (Å²) in [6.45, 7) is 10.6. The van der Waals surface area contributed by atoms with Crippen molar-refractivity contribution in [1.82, 2.24) is 0 Å². The molecule has 1 heterocycles. The maximum Gasteiger partial charge on any atom is 0.338 e. The molecule has 0 bridgehead atoms. The Bertz CT molecular complexity index is 791. The molecule has 0 unspecified atom stereocenters. The summed E-state index contributed by atoms with van der Waals surface area (Å²) in [6.07, 6.45) is 14.0. The SMILES string of the molecule is C=C1CC[C@H](O)C/C1=C/C=C1\CCC[C@]2(C)[C@@H]([C@H](C)C[C@H]3C[C@](C)(O)C(=O)O3)CC[C@@H]12. The molecule has 3 aliphatic carbocycles. The number of carbonyl (C=O) groups excluding carboxylic acids is 1. The largest absolute Gasteiger partial charge is 0.460 e. The number of aliphatic hydroxyl groups is 2. The van der Waals surface area contributed by atoms with Gasteiger partial charge in [-0.25, -0.2) is 4.79 Å². The first-order chi connectivity index (χ1) is 14.6. The van der Waals surface area contributed by atoms with E-state index in [0.29, 0.717) is 24.2 Å². The lowest BCUT2D eigenvalue weighted by Gasteiger charge is -2.44. The van der Waals surface area contributed by atoms with Crippen LogP contribution in [0.1, 0.15) is 85.0 Å². The number of esters is 1. The molecular weight excluding hydrogens is 388 g/mol. The number of hydrogen-bond donors (Lipinski definition) is 2. The van der Waals surface area contributed by atoms with Gasteiger partial charge < -0.3 is 14.9 Å². The highest BCUT2D eigenvalue weighted by Gasteiger charge is 2.52. The Balaban J connectivity index is 1.46. The third-order valence-electron chi connectivity index (χ3n) is 8.89. The highest BCUT2D eigenvalue weighted by Crippen LogP contribution is 2.60. The van der Waals surface area contributed by atoms with Crippen molar-refractivity contribution in [1.29, 1.82) is 0 Å². The van der Waals surface area contributed by atoms with Gasteiger partial charge in [0.25, 0.3) is 0 Å². The molecule has 0 aromatic heterocycles. The zero-order valence-electron chi connectivity index (χ0n) is 19.5. The molecule has 0 aromatic rings. The van der Waals surface area contributed by atoms with Crippen LogP contribution in [0.4, 0.5) is 0 Å². The molecule has 4 nitrogen and oxygen atoms in total. The van der Waals surface area contributed by atoms with Crippen LogP contribution in [0.3, 0.4) is 0 Å². The zero-order valence-corrected chi connectivity index (χ0v) is 19.5. The van der Waals surface area contributed by atoms with E-state index < -0.39 is 11.6 Å². The summed E-state index contributed by atoms with van der Waals surface area (Å²) < 4.78 is 5.48. The quantitative estimate of drug-likeness (QED) is 0.600. The van der Waals surface area contributed by atoms with E-state index in [0.717, 1.165) is 25.7 Å². The van der Waals surface area contributed by atoms with Crippen LogP contribution >= 0.6 is 0 Å². The average molecular weight is 429 g/mol. The van der Waals surface area contributed by atoms with Gasteiger partial charge in [0.15, 0.2) is 5.60 Å². The van der Waals surface area contributed by atoms with E-state index in [2.05, 4.69) is 32.6 Å². The Morgan fingerprint density at radius 3 is 2.71 bits per heavy atom. The lowest BCUT2D eigenvalue weighted by atomic mass is 9.60. The summed E-state index contributed by atoms with van der Waals surface area (Å²) in [6, 6.07) is 0. The minimum atomic E-state index is -1.32. The lowest BCUT2D eigenvalue weighted by molar-refractivity contribution is -0.154. The predicted molar refractivity (Wildman–Crippen MR) is 122 cm³/mol. The molecule has 0 radical (unpaired) electrons. The molecule has 3 saturated carbocycles. The zero-order chi connectivity index (χ0) is 22.4. The third-order valence-corrected chi connectivity index (χ3v) is 8.89. The third kappa shape index (κ3) is 4.43. The summed E-state index contributed by atoms with van der Waals surface area (Å²) in [7, 11) is 0. The number of fused-ring (bicyclic) bond motifs is 1. The van der Waals surface area contributed by atoms with Gasteiger partial charge in [-0.05, 0) is 93.5 Å². The van der Waals surface area contributed by atoms with Gasteiger partial charge in [0.05, 0.1) is 6.10 Å². The van der Waals surface area contributed by atoms with Gasteiger partial charge in [0.2, 0.25) is 0 Å². The molecule has 7 atom stereocenters. The van der Waals surface area contributed by atoms with Crippen LogP contribution in [0.2, 0.25) is 0 Å². The van der Waals surface area contributed by atoms with Crippen LogP contribution in [-0.2, 0) is 9.53 Å². The van der Waals surface area contributed by atoms with E-state index in [1.807, 2.05) is 0 Å². The fourth-order valence-corrected chi connectivity index (χ4v) is 7.17. The van der Waals surface area contributed by atoms with Gasteiger partial charge in [-0.2, -0.15) is 0 Å². The molecule has 1 aliphatic heterocycles. The smallest absolute Gasteiger partial charge is 0.338 e. The molecule has 0 aromatic carbocycles. The van der Waals surface area contributed by atoms with Crippen LogP contribution in [-0.4, -0.2) is 34.0 Å². The van der Waals surface area contributed by atoms with E-state index in [-0.39, 0.29) is 17.6 Å². The van der Waals surface area contributed by atoms with Crippen molar-refractivity contribution in [2.45, 2.75) is 103 Å². The van der Waals surface area contributed by atoms with E-state index in [1.54, 1.807) is 12.5 Å². The van der Waals surface area contributed by atoms with Crippen molar-refractivity contribution in [2.75, 3.05) is 0 Å². The summed E-state index contributed by atoms with van der Waals surface area (Å²) in [5, 5.41) is 20.2. The normalized spacial score (nSPS) is 44.5. The summed E-state index contributed by atoms with van der Waals surface area (Å²) in [4.78, 5) is 11.9. The molecule has 0 spiro atoms. The maximum atomic E-state index is 11.9. The number of rotatable bonds is 4. The number of carbonyl (C=O) groups is 1. The fraction of sp³-hybridized carbons (Fsp3) is 0.741. The molecule has 2 N–H and O–H groups in total. The monoisotopic (exact) mass is 428 g/mol. The topological polar surface area (TPSA) is 66.8 Å². The van der Waals surface area contributed by atoms with Crippen molar-refractivity contribution in [3.05, 3.63) is 35.5 Å². The summed E-state index contributed by atoms with van der Waals surface area (Å²) in [5.74, 6) is 1.23. The number of aliphatic hydroxyl groups excluding tert-OH is 1. The number of hydrogen-bond acceptors (Lipinski definition) is 4. The van der Waals surface area contributed by atoms with Crippen LogP contribution in [0.15, 0.2) is 35.5 Å². The molecule has 1 saturated heterocycles. The van der Waals surface area contributed by atoms with E-state index in [1.165, 1.54) is 43.3 Å². The summed E-state index contributed by atoms with van der Waals surface area (Å²) in [5.41, 5.74) is 2.93. The number of ether oxygens (including phenoxy) is 1. The molecular formula is C27H40O4. The Morgan fingerprint density at radius 1 is 1.23 bits per heavy atom. The molecule has 0 amide bonds. The van der Waals surface area contributed by atoms with Crippen LogP contribution in [0.25, 0.3) is 0 Å². The first-order valence-electron chi connectivity index (χ1n) is 12.3. The maximum absolute atomic E-state index is 11.9. The Hall–Kier alpha value is -1.39. The molecule has 31 heavy (non-hydrogen) atoms. The minimum Gasteiger partial charge on any atom is -0.460 e. The van der Waals surface area contributed by atoms with Crippen LogP contribution in [0.5, 0.6) is 0 Å². The second-order valence-electron chi connectivity index (χ2n) is 11.2. The van der Waals surface area contributed by atoms with Crippen molar-refractivity contribution < 1.29 is 19.7 Å². The Labute approximate surface area is 187 Å². The van der Waals surface area contributed by atoms with Crippen LogP contribution < -0.4 is 0 Å². The first kappa shape index (κ1) is 22.8. The van der Waals surface area contributed by atoms with Gasteiger partial charge in [-0.3, -0.25) is 0 Å². The van der Waals surface area contributed by atoms with E-state index in [9.17, 15) is 15.0 Å². The standard InChI is InChI=1S/C27H40O4/c1-17-7-10-21(28)15-20(17)9-8-19-6-5-13-26(3)23(11-12-24(19)26)18(2)14-22-16-27(4,30)25(29)31-22/h8-9,18,21-24,28,30H,1,5-7,10-16H2,2-4H3/b19-8+,20-9-/t18-,21+,22+,23-,24+,26-,27+/m1/s1. The van der Waals surface area contributed by atoms with Crippen molar-refractivity contribution >= 4 is 5.97 Å². The minimum absolute atomic E-state index is 0.160. The fourth-order valence-electron chi connectivity index (χ4n) is 7.17. The van der Waals surface area contributed by atoms with Gasteiger partial charge in [-0.15, -0.1) is 0 Å². The van der Waals surface area contributed by atoms with Crippen molar-refractivity contribution in [3.8, 4) is 0 Å². The second kappa shape index (κ2) is 8.51. The van der Waals surface area contributed by atoms with E-state index in [4.69, 9.17) is 4.74 Å². The summed E-state index contributed by atoms with van der Waals surface area (Å²) >= 11 is 0. The predicted octanol–water partition coefficient (Wildman–Crippen LogP) is 5.25. The van der Waals surface area contributed by atoms with Gasteiger partial charge in [-0.1, -0.05) is 43.7 Å². The van der Waals surface area contributed by atoms with Gasteiger partial charge in [0.1, 0.15) is 6.10 Å². The lowest BCUT2D eigenvalue weighted by Crippen LogP contribution is -2.36. The number of allylic oxidation sites excluding steroid dienone is 4. The molecule has 4 fully saturated rings. The molecule has 4 heteroatoms. The second-order valence-corrected chi connectivity index (χ2v) is 11.2. The molecule has 4 aliphatic rings. The average Bonchev–Trinajstić information content (AvgIpc) is 3.17. The number of cyclic esters (lactones) is 1.